The number of aliphatic imine (C=N–C) groups is 2. The molecule has 1 saturated heterocycles. The van der Waals surface area contributed by atoms with E-state index in [1.807, 2.05) is 50.4 Å². The molecule has 1 aromatic heterocycles. The van der Waals surface area contributed by atoms with Crippen molar-refractivity contribution >= 4 is 24.8 Å². The van der Waals surface area contributed by atoms with Crippen LogP contribution in [0.1, 0.15) is 38.7 Å². The molecule has 0 unspecified atom stereocenters. The number of nitrogens with zero attached hydrogens (tertiary/aromatic N) is 7. The van der Waals surface area contributed by atoms with Crippen LogP contribution in [0.25, 0.3) is 5.69 Å². The van der Waals surface area contributed by atoms with E-state index in [1.165, 1.54) is 30.9 Å². The lowest BCUT2D eigenvalue weighted by atomic mass is 10.1. The second-order valence-electron chi connectivity index (χ2n) is 8.51. The molecule has 2 aromatic rings. The molecule has 2 aliphatic heterocycles. The third-order valence-electron chi connectivity index (χ3n) is 5.95. The van der Waals surface area contributed by atoms with Crippen molar-refractivity contribution in [2.24, 2.45) is 20.8 Å². The molecule has 0 atom stereocenters. The highest BCUT2D eigenvalue weighted by atomic mass is 16.1. The molecular formula is C25H35N9O. The molecule has 4 rings (SSSR count). The molecule has 3 N–H and O–H groups in total. The summed E-state index contributed by atoms with van der Waals surface area (Å²) in [6, 6.07) is 10.2. The zero-order chi connectivity index (χ0) is 25.2. The molecule has 0 bridgehead atoms. The second kappa shape index (κ2) is 12.7. The molecule has 1 fully saturated rings. The van der Waals surface area contributed by atoms with Crippen LogP contribution in [-0.4, -0.2) is 70.7 Å². The molecule has 0 aliphatic carbocycles. The van der Waals surface area contributed by atoms with E-state index in [4.69, 9.17) is 5.73 Å². The van der Waals surface area contributed by atoms with Crippen LogP contribution in [0.15, 0.2) is 69.2 Å². The van der Waals surface area contributed by atoms with E-state index in [1.54, 1.807) is 10.9 Å². The first-order chi connectivity index (χ1) is 17.0. The maximum atomic E-state index is 11.3. The lowest BCUT2D eigenvalue weighted by Gasteiger charge is -2.27. The molecule has 186 valence electrons. The highest BCUT2D eigenvalue weighted by Gasteiger charge is 2.24. The van der Waals surface area contributed by atoms with Crippen LogP contribution in [-0.2, 0) is 11.3 Å². The second-order valence-corrected chi connectivity index (χ2v) is 8.51. The van der Waals surface area contributed by atoms with Crippen molar-refractivity contribution < 1.29 is 4.79 Å². The summed E-state index contributed by atoms with van der Waals surface area (Å²) in [7, 11) is 2.14. The first-order valence-corrected chi connectivity index (χ1v) is 11.8. The number of hydrogen-bond acceptors (Lipinski definition) is 7. The number of allylic oxidation sites excluding steroid dienone is 1. The minimum absolute atomic E-state index is 0.191. The lowest BCUT2D eigenvalue weighted by Crippen LogP contribution is -2.42. The number of rotatable bonds is 6. The Morgan fingerprint density at radius 2 is 2.03 bits per heavy atom. The van der Waals surface area contributed by atoms with E-state index < -0.39 is 0 Å². The Morgan fingerprint density at radius 3 is 2.63 bits per heavy atom. The minimum atomic E-state index is 0.191. The summed E-state index contributed by atoms with van der Waals surface area (Å²) in [6.07, 6.45) is 7.41. The average Bonchev–Trinajstić information content (AvgIpc) is 3.43. The number of hydrazone groups is 1. The zero-order valence-electron chi connectivity index (χ0n) is 20.8. The quantitative estimate of drug-likeness (QED) is 0.488. The molecule has 1 aromatic carbocycles. The van der Waals surface area contributed by atoms with Crippen LogP contribution in [0.5, 0.6) is 0 Å². The van der Waals surface area contributed by atoms with Crippen LogP contribution < -0.4 is 11.1 Å². The van der Waals surface area contributed by atoms with E-state index in [2.05, 4.69) is 44.2 Å². The third kappa shape index (κ3) is 6.93. The van der Waals surface area contributed by atoms with Gasteiger partial charge in [0.15, 0.2) is 12.1 Å². The number of aromatic nitrogens is 2. The van der Waals surface area contributed by atoms with Gasteiger partial charge in [0, 0.05) is 25.2 Å². The summed E-state index contributed by atoms with van der Waals surface area (Å²) < 4.78 is 1.79. The first kappa shape index (κ1) is 26.0. The number of guanidine groups is 1. The number of para-hydroxylation sites is 1. The summed E-state index contributed by atoms with van der Waals surface area (Å²) in [5.74, 6) is 1.16. The molecular weight excluding hydrogens is 442 g/mol. The van der Waals surface area contributed by atoms with E-state index in [-0.39, 0.29) is 5.84 Å². The SMILES string of the molecule is C=NN1C(=NCc2ccccc2-n2cccn2)N=C(C=O)N/C1=C(/C)CC.CN1CCC(N)CC1. The number of nitrogens with two attached hydrogens (primary N) is 1. The highest BCUT2D eigenvalue weighted by molar-refractivity contribution is 6.30. The number of carbonyl (C=O) groups is 1. The fourth-order valence-corrected chi connectivity index (χ4v) is 3.67. The van der Waals surface area contributed by atoms with Gasteiger partial charge in [0.2, 0.25) is 5.96 Å². The Labute approximate surface area is 206 Å². The number of amidine groups is 1. The Kier molecular flexibility index (Phi) is 9.45. The van der Waals surface area contributed by atoms with Crippen LogP contribution in [0, 0.1) is 0 Å². The fourth-order valence-electron chi connectivity index (χ4n) is 3.67. The molecule has 35 heavy (non-hydrogen) atoms. The molecule has 0 radical (unpaired) electrons. The predicted molar refractivity (Wildman–Crippen MR) is 140 cm³/mol. The molecule has 0 spiro atoms. The van der Waals surface area contributed by atoms with Gasteiger partial charge in [-0.3, -0.25) is 4.79 Å². The number of benzene rings is 1. The predicted octanol–water partition coefficient (Wildman–Crippen LogP) is 2.53. The van der Waals surface area contributed by atoms with Gasteiger partial charge in [-0.05, 0) is 69.6 Å². The van der Waals surface area contributed by atoms with Crippen molar-refractivity contribution in [2.45, 2.75) is 45.7 Å². The lowest BCUT2D eigenvalue weighted by molar-refractivity contribution is -0.102. The Hall–Kier alpha value is -3.63. The summed E-state index contributed by atoms with van der Waals surface area (Å²) >= 11 is 0. The van der Waals surface area contributed by atoms with E-state index in [9.17, 15) is 4.79 Å². The number of likely N-dealkylation sites (tertiary alicyclic amines) is 1. The van der Waals surface area contributed by atoms with Gasteiger partial charge < -0.3 is 16.0 Å². The van der Waals surface area contributed by atoms with Gasteiger partial charge >= 0.3 is 0 Å². The Balaban J connectivity index is 0.000000363. The fraction of sp³-hybridized carbons (Fsp3) is 0.400. The van der Waals surface area contributed by atoms with Crippen LogP contribution >= 0.6 is 0 Å². The summed E-state index contributed by atoms with van der Waals surface area (Å²) in [4.78, 5) is 22.5. The van der Waals surface area contributed by atoms with Crippen LogP contribution in [0.2, 0.25) is 0 Å². The third-order valence-corrected chi connectivity index (χ3v) is 5.95. The number of piperidine rings is 1. The Bertz CT molecular complexity index is 1070. The van der Waals surface area contributed by atoms with Gasteiger partial charge in [0.1, 0.15) is 5.82 Å². The van der Waals surface area contributed by atoms with Crippen LogP contribution in [0.4, 0.5) is 0 Å². The number of hydrogen-bond donors (Lipinski definition) is 2. The number of carbonyl (C=O) groups excluding carboxylic acids is 1. The molecule has 10 heteroatoms. The standard InChI is InChI=1S/C19H21N7O.C6H14N2/c1-4-14(2)18-23-17(13-27)24-19(26(18)20-3)21-12-15-8-5-6-9-16(15)25-11-7-10-22-25;1-8-4-2-6(7)3-5-8/h5-11,13H,3-4,12H2,1-2H3,(H,21,23,24);6H,2-5,7H2,1H3/b18-14+;. The van der Waals surface area contributed by atoms with Crippen molar-refractivity contribution in [3.63, 3.8) is 0 Å². The van der Waals surface area contributed by atoms with Gasteiger partial charge in [-0.15, -0.1) is 0 Å². The summed E-state index contributed by atoms with van der Waals surface area (Å²) in [6.45, 7) is 10.3. The summed E-state index contributed by atoms with van der Waals surface area (Å²) in [5.41, 5.74) is 8.58. The molecule has 0 saturated carbocycles. The monoisotopic (exact) mass is 477 g/mol. The zero-order valence-corrected chi connectivity index (χ0v) is 20.8. The maximum absolute atomic E-state index is 11.3. The van der Waals surface area contributed by atoms with Crippen molar-refractivity contribution in [1.29, 1.82) is 0 Å². The van der Waals surface area contributed by atoms with Gasteiger partial charge in [0.05, 0.1) is 12.2 Å². The average molecular weight is 478 g/mol. The molecule has 10 nitrogen and oxygen atoms in total. The van der Waals surface area contributed by atoms with Crippen molar-refractivity contribution in [3.05, 3.63) is 59.7 Å². The first-order valence-electron chi connectivity index (χ1n) is 11.8. The van der Waals surface area contributed by atoms with Crippen molar-refractivity contribution in [1.82, 2.24) is 25.0 Å². The normalized spacial score (nSPS) is 19.4. The number of nitrogens with one attached hydrogen (secondary N) is 1. The van der Waals surface area contributed by atoms with E-state index in [0.29, 0.717) is 30.7 Å². The van der Waals surface area contributed by atoms with Crippen molar-refractivity contribution in [2.75, 3.05) is 20.1 Å². The van der Waals surface area contributed by atoms with E-state index in [0.717, 1.165) is 23.2 Å². The molecule has 0 amide bonds. The number of aldehydes is 1. The Morgan fingerprint density at radius 1 is 1.29 bits per heavy atom. The molecule has 3 heterocycles. The highest BCUT2D eigenvalue weighted by Crippen LogP contribution is 2.18. The van der Waals surface area contributed by atoms with Gasteiger partial charge in [-0.1, -0.05) is 25.1 Å². The largest absolute Gasteiger partial charge is 0.328 e. The van der Waals surface area contributed by atoms with Gasteiger partial charge in [-0.25, -0.2) is 9.67 Å². The van der Waals surface area contributed by atoms with Gasteiger partial charge in [-0.2, -0.15) is 20.2 Å². The van der Waals surface area contributed by atoms with Crippen molar-refractivity contribution in [3.8, 4) is 5.69 Å². The minimum Gasteiger partial charge on any atom is -0.328 e. The topological polar surface area (TPSA) is 116 Å². The van der Waals surface area contributed by atoms with E-state index >= 15 is 0 Å². The van der Waals surface area contributed by atoms with Crippen LogP contribution in [0.3, 0.4) is 0 Å². The molecule has 2 aliphatic rings. The summed E-state index contributed by atoms with van der Waals surface area (Å²) in [5, 5.41) is 12.8. The maximum Gasteiger partial charge on any atom is 0.250 e. The van der Waals surface area contributed by atoms with Gasteiger partial charge in [0.25, 0.3) is 0 Å². The smallest absolute Gasteiger partial charge is 0.250 e.